The standard InChI is InChI=1S/C17H19NO2/c1-12(18)13-4-2-5-14(10-13)15-6-7-16-17(11-15)20-9-3-8-19-16/h2,4-7,10-12H,3,8-9,18H2,1H3. The van der Waals surface area contributed by atoms with Crippen LogP contribution in [0.4, 0.5) is 0 Å². The second kappa shape index (κ2) is 5.55. The van der Waals surface area contributed by atoms with Crippen molar-refractivity contribution < 1.29 is 9.47 Å². The Labute approximate surface area is 119 Å². The molecule has 0 spiro atoms. The third kappa shape index (κ3) is 2.63. The minimum Gasteiger partial charge on any atom is -0.490 e. The van der Waals surface area contributed by atoms with Crippen LogP contribution in [-0.4, -0.2) is 13.2 Å². The summed E-state index contributed by atoms with van der Waals surface area (Å²) in [5.74, 6) is 1.65. The number of fused-ring (bicyclic) bond motifs is 1. The monoisotopic (exact) mass is 269 g/mol. The Kier molecular flexibility index (Phi) is 3.61. The van der Waals surface area contributed by atoms with Gasteiger partial charge in [-0.1, -0.05) is 24.3 Å². The van der Waals surface area contributed by atoms with Gasteiger partial charge in [0.1, 0.15) is 0 Å². The van der Waals surface area contributed by atoms with Crippen LogP contribution in [0.5, 0.6) is 11.5 Å². The van der Waals surface area contributed by atoms with E-state index in [4.69, 9.17) is 15.2 Å². The fourth-order valence-electron chi connectivity index (χ4n) is 2.34. The molecule has 1 atom stereocenters. The van der Waals surface area contributed by atoms with Gasteiger partial charge in [0.25, 0.3) is 0 Å². The molecule has 1 aliphatic heterocycles. The summed E-state index contributed by atoms with van der Waals surface area (Å²) in [6, 6.07) is 14.4. The number of hydrogen-bond donors (Lipinski definition) is 1. The molecule has 0 saturated heterocycles. The molecule has 104 valence electrons. The molecular formula is C17H19NO2. The maximum absolute atomic E-state index is 5.95. The van der Waals surface area contributed by atoms with Gasteiger partial charge in [0.15, 0.2) is 11.5 Å². The van der Waals surface area contributed by atoms with Crippen LogP contribution in [0, 0.1) is 0 Å². The maximum Gasteiger partial charge on any atom is 0.161 e. The number of nitrogens with two attached hydrogens (primary N) is 1. The zero-order valence-corrected chi connectivity index (χ0v) is 11.6. The van der Waals surface area contributed by atoms with E-state index < -0.39 is 0 Å². The van der Waals surface area contributed by atoms with Crippen molar-refractivity contribution in [1.82, 2.24) is 0 Å². The van der Waals surface area contributed by atoms with Crippen LogP contribution < -0.4 is 15.2 Å². The van der Waals surface area contributed by atoms with Crippen molar-refractivity contribution in [3.8, 4) is 22.6 Å². The number of benzene rings is 2. The van der Waals surface area contributed by atoms with Crippen molar-refractivity contribution in [2.45, 2.75) is 19.4 Å². The zero-order chi connectivity index (χ0) is 13.9. The molecular weight excluding hydrogens is 250 g/mol. The Bertz CT molecular complexity index is 608. The van der Waals surface area contributed by atoms with Crippen molar-refractivity contribution in [1.29, 1.82) is 0 Å². The van der Waals surface area contributed by atoms with Crippen LogP contribution >= 0.6 is 0 Å². The molecule has 2 aromatic carbocycles. The summed E-state index contributed by atoms with van der Waals surface area (Å²) in [4.78, 5) is 0. The average molecular weight is 269 g/mol. The highest BCUT2D eigenvalue weighted by atomic mass is 16.5. The molecule has 0 radical (unpaired) electrons. The summed E-state index contributed by atoms with van der Waals surface area (Å²) in [6.45, 7) is 3.41. The van der Waals surface area contributed by atoms with Gasteiger partial charge in [-0.15, -0.1) is 0 Å². The van der Waals surface area contributed by atoms with E-state index in [0.29, 0.717) is 13.2 Å². The molecule has 1 unspecified atom stereocenters. The van der Waals surface area contributed by atoms with Gasteiger partial charge >= 0.3 is 0 Å². The summed E-state index contributed by atoms with van der Waals surface area (Å²) in [5.41, 5.74) is 9.35. The van der Waals surface area contributed by atoms with Crippen LogP contribution in [0.1, 0.15) is 24.9 Å². The van der Waals surface area contributed by atoms with Crippen molar-refractivity contribution >= 4 is 0 Å². The molecule has 1 aliphatic rings. The van der Waals surface area contributed by atoms with Crippen LogP contribution in [0.15, 0.2) is 42.5 Å². The molecule has 0 bridgehead atoms. The lowest BCUT2D eigenvalue weighted by molar-refractivity contribution is 0.297. The van der Waals surface area contributed by atoms with Crippen molar-refractivity contribution in [3.05, 3.63) is 48.0 Å². The summed E-state index contributed by atoms with van der Waals surface area (Å²) in [7, 11) is 0. The van der Waals surface area contributed by atoms with Gasteiger partial charge in [-0.25, -0.2) is 0 Å². The first-order chi connectivity index (χ1) is 9.74. The first-order valence-electron chi connectivity index (χ1n) is 6.99. The largest absolute Gasteiger partial charge is 0.490 e. The topological polar surface area (TPSA) is 44.5 Å². The lowest BCUT2D eigenvalue weighted by Crippen LogP contribution is -2.04. The van der Waals surface area contributed by atoms with Crippen LogP contribution in [0.25, 0.3) is 11.1 Å². The Morgan fingerprint density at radius 3 is 2.50 bits per heavy atom. The predicted octanol–water partition coefficient (Wildman–Crippen LogP) is 3.53. The van der Waals surface area contributed by atoms with E-state index in [1.54, 1.807) is 0 Å². The van der Waals surface area contributed by atoms with Crippen molar-refractivity contribution in [2.24, 2.45) is 5.73 Å². The lowest BCUT2D eigenvalue weighted by atomic mass is 10.00. The molecule has 0 fully saturated rings. The Morgan fingerprint density at radius 2 is 1.70 bits per heavy atom. The summed E-state index contributed by atoms with van der Waals surface area (Å²) >= 11 is 0. The summed E-state index contributed by atoms with van der Waals surface area (Å²) in [6.07, 6.45) is 0.921. The number of hydrogen-bond acceptors (Lipinski definition) is 3. The average Bonchev–Trinajstić information content (AvgIpc) is 2.71. The lowest BCUT2D eigenvalue weighted by Gasteiger charge is -2.11. The van der Waals surface area contributed by atoms with Gasteiger partial charge in [0.2, 0.25) is 0 Å². The highest BCUT2D eigenvalue weighted by Crippen LogP contribution is 2.34. The molecule has 3 heteroatoms. The molecule has 20 heavy (non-hydrogen) atoms. The molecule has 0 amide bonds. The van der Waals surface area contributed by atoms with Crippen LogP contribution in [0.2, 0.25) is 0 Å². The molecule has 1 heterocycles. The Hall–Kier alpha value is -2.00. The molecule has 2 N–H and O–H groups in total. The van der Waals surface area contributed by atoms with Crippen molar-refractivity contribution in [3.63, 3.8) is 0 Å². The van der Waals surface area contributed by atoms with Gasteiger partial charge in [0.05, 0.1) is 13.2 Å². The first kappa shape index (κ1) is 13.0. The normalized spacial score (nSPS) is 15.5. The van der Waals surface area contributed by atoms with Crippen LogP contribution in [-0.2, 0) is 0 Å². The predicted molar refractivity (Wildman–Crippen MR) is 80.1 cm³/mol. The van der Waals surface area contributed by atoms with Crippen LogP contribution in [0.3, 0.4) is 0 Å². The van der Waals surface area contributed by atoms with E-state index in [1.807, 2.05) is 25.1 Å². The van der Waals surface area contributed by atoms with E-state index in [-0.39, 0.29) is 6.04 Å². The minimum atomic E-state index is 0.0374. The summed E-state index contributed by atoms with van der Waals surface area (Å²) in [5, 5.41) is 0. The molecule has 2 aromatic rings. The van der Waals surface area contributed by atoms with E-state index in [9.17, 15) is 0 Å². The maximum atomic E-state index is 5.95. The Balaban J connectivity index is 1.98. The SMILES string of the molecule is CC(N)c1cccc(-c2ccc3c(c2)OCCCO3)c1. The van der Waals surface area contributed by atoms with Gasteiger partial charge in [0, 0.05) is 12.5 Å². The van der Waals surface area contributed by atoms with Gasteiger partial charge in [-0.3, -0.25) is 0 Å². The highest BCUT2D eigenvalue weighted by molar-refractivity contribution is 5.68. The second-order valence-corrected chi connectivity index (χ2v) is 5.13. The smallest absolute Gasteiger partial charge is 0.161 e. The highest BCUT2D eigenvalue weighted by Gasteiger charge is 2.11. The fourth-order valence-corrected chi connectivity index (χ4v) is 2.34. The van der Waals surface area contributed by atoms with Gasteiger partial charge in [-0.05, 0) is 41.8 Å². The third-order valence-electron chi connectivity index (χ3n) is 3.49. The number of rotatable bonds is 2. The minimum absolute atomic E-state index is 0.0374. The Morgan fingerprint density at radius 1 is 0.950 bits per heavy atom. The van der Waals surface area contributed by atoms with E-state index >= 15 is 0 Å². The first-order valence-corrected chi connectivity index (χ1v) is 6.99. The van der Waals surface area contributed by atoms with Gasteiger partial charge in [-0.2, -0.15) is 0 Å². The van der Waals surface area contributed by atoms with E-state index in [0.717, 1.165) is 34.6 Å². The van der Waals surface area contributed by atoms with E-state index in [2.05, 4.69) is 24.3 Å². The summed E-state index contributed by atoms with van der Waals surface area (Å²) < 4.78 is 11.4. The zero-order valence-electron chi connectivity index (χ0n) is 11.6. The molecule has 3 rings (SSSR count). The molecule has 0 aliphatic carbocycles. The van der Waals surface area contributed by atoms with Crippen molar-refractivity contribution in [2.75, 3.05) is 13.2 Å². The fraction of sp³-hybridized carbons (Fsp3) is 0.294. The molecule has 3 nitrogen and oxygen atoms in total. The second-order valence-electron chi connectivity index (χ2n) is 5.13. The van der Waals surface area contributed by atoms with Gasteiger partial charge < -0.3 is 15.2 Å². The molecule has 0 aromatic heterocycles. The third-order valence-corrected chi connectivity index (χ3v) is 3.49. The number of ether oxygens (including phenoxy) is 2. The quantitative estimate of drug-likeness (QED) is 0.907. The molecule has 0 saturated carbocycles. The van der Waals surface area contributed by atoms with E-state index in [1.165, 1.54) is 0 Å².